The summed E-state index contributed by atoms with van der Waals surface area (Å²) in [5.74, 6) is 2.62. The van der Waals surface area contributed by atoms with Gasteiger partial charge in [0.25, 0.3) is 5.69 Å². The van der Waals surface area contributed by atoms with Gasteiger partial charge in [0.2, 0.25) is 0 Å². The number of benzene rings is 1. The number of nitro groups is 1. The fourth-order valence-corrected chi connectivity index (χ4v) is 5.37. The van der Waals surface area contributed by atoms with Crippen molar-refractivity contribution >= 4 is 17.1 Å². The molecule has 0 saturated heterocycles. The second-order valence-corrected chi connectivity index (χ2v) is 7.35. The number of nitrogens with two attached hydrogens (primary N) is 1. The summed E-state index contributed by atoms with van der Waals surface area (Å²) in [6.45, 7) is 0. The molecule has 5 rings (SSSR count). The Morgan fingerprint density at radius 3 is 2.19 bits per heavy atom. The molecule has 0 amide bonds. The summed E-state index contributed by atoms with van der Waals surface area (Å²) >= 11 is 0. The fraction of sp³-hybridized carbons (Fsp3) is 0.625. The van der Waals surface area contributed by atoms with Crippen LogP contribution in [0.4, 0.5) is 17.1 Å². The van der Waals surface area contributed by atoms with Gasteiger partial charge >= 0.3 is 0 Å². The Morgan fingerprint density at radius 2 is 1.71 bits per heavy atom. The van der Waals surface area contributed by atoms with E-state index >= 15 is 0 Å². The highest BCUT2D eigenvalue weighted by Crippen LogP contribution is 2.56. The zero-order valence-electron chi connectivity index (χ0n) is 12.0. The average Bonchev–Trinajstić information content (AvgIpc) is 2.35. The molecule has 0 spiro atoms. The Hall–Kier alpha value is -1.78. The van der Waals surface area contributed by atoms with E-state index < -0.39 is 4.92 Å². The first-order valence-electron chi connectivity index (χ1n) is 7.85. The summed E-state index contributed by atoms with van der Waals surface area (Å²) in [6, 6.07) is 5.03. The van der Waals surface area contributed by atoms with Crippen LogP contribution in [-0.4, -0.2) is 10.5 Å². The first-order chi connectivity index (χ1) is 10.0. The van der Waals surface area contributed by atoms with Crippen LogP contribution in [0.1, 0.15) is 38.5 Å². The molecule has 4 bridgehead atoms. The fourth-order valence-electron chi connectivity index (χ4n) is 5.37. The third kappa shape index (κ3) is 2.15. The maximum absolute atomic E-state index is 10.8. The van der Waals surface area contributed by atoms with Gasteiger partial charge in [0.15, 0.2) is 0 Å². The van der Waals surface area contributed by atoms with Crippen LogP contribution in [0.15, 0.2) is 18.2 Å². The van der Waals surface area contributed by atoms with E-state index in [1.165, 1.54) is 44.6 Å². The van der Waals surface area contributed by atoms with Crippen LogP contribution in [0.25, 0.3) is 0 Å². The van der Waals surface area contributed by atoms with Crippen LogP contribution in [0.2, 0.25) is 0 Å². The van der Waals surface area contributed by atoms with Crippen molar-refractivity contribution in [3.8, 4) is 0 Å². The van der Waals surface area contributed by atoms with Crippen molar-refractivity contribution in [1.82, 2.24) is 0 Å². The largest absolute Gasteiger partial charge is 0.393 e. The lowest BCUT2D eigenvalue weighted by Gasteiger charge is -2.57. The van der Waals surface area contributed by atoms with Crippen LogP contribution in [0.5, 0.6) is 0 Å². The van der Waals surface area contributed by atoms with Crippen LogP contribution in [0.3, 0.4) is 0 Å². The molecule has 4 fully saturated rings. The third-order valence-corrected chi connectivity index (χ3v) is 5.67. The van der Waals surface area contributed by atoms with Gasteiger partial charge in [-0.3, -0.25) is 10.1 Å². The van der Waals surface area contributed by atoms with Gasteiger partial charge in [-0.2, -0.15) is 0 Å². The van der Waals surface area contributed by atoms with Gasteiger partial charge in [-0.1, -0.05) is 0 Å². The van der Waals surface area contributed by atoms with E-state index in [1.807, 2.05) is 0 Å². The van der Waals surface area contributed by atoms with Crippen LogP contribution in [0, 0.1) is 27.9 Å². The molecule has 5 nitrogen and oxygen atoms in total. The van der Waals surface area contributed by atoms with E-state index in [0.717, 1.165) is 23.4 Å². The maximum atomic E-state index is 10.8. The van der Waals surface area contributed by atoms with E-state index in [1.54, 1.807) is 12.1 Å². The van der Waals surface area contributed by atoms with E-state index in [2.05, 4.69) is 5.32 Å². The molecule has 0 unspecified atom stereocenters. The predicted octanol–water partition coefficient (Wildman–Crippen LogP) is 3.56. The van der Waals surface area contributed by atoms with E-state index in [-0.39, 0.29) is 16.9 Å². The van der Waals surface area contributed by atoms with Gasteiger partial charge in [-0.25, -0.2) is 0 Å². The molecule has 0 heterocycles. The Bertz CT molecular complexity index is 564. The quantitative estimate of drug-likeness (QED) is 0.506. The monoisotopic (exact) mass is 287 g/mol. The Morgan fingerprint density at radius 1 is 1.14 bits per heavy atom. The number of rotatable bonds is 3. The minimum absolute atomic E-state index is 0.00828. The molecule has 21 heavy (non-hydrogen) atoms. The Balaban J connectivity index is 1.58. The molecular weight excluding hydrogens is 266 g/mol. The van der Waals surface area contributed by atoms with Crippen LogP contribution >= 0.6 is 0 Å². The van der Waals surface area contributed by atoms with Gasteiger partial charge in [0.1, 0.15) is 5.69 Å². The zero-order chi connectivity index (χ0) is 14.6. The summed E-state index contributed by atoms with van der Waals surface area (Å²) in [6.07, 6.45) is 7.96. The molecule has 0 radical (unpaired) electrons. The molecule has 1 aromatic carbocycles. The molecule has 3 N–H and O–H groups in total. The average molecular weight is 287 g/mol. The number of nitro benzene ring substituents is 1. The Kier molecular flexibility index (Phi) is 2.68. The first-order valence-corrected chi connectivity index (χ1v) is 7.85. The van der Waals surface area contributed by atoms with E-state index in [4.69, 9.17) is 5.73 Å². The van der Waals surface area contributed by atoms with Crippen LogP contribution in [-0.2, 0) is 0 Å². The molecule has 112 valence electrons. The highest BCUT2D eigenvalue weighted by Gasteiger charge is 2.50. The second kappa shape index (κ2) is 4.36. The minimum Gasteiger partial charge on any atom is -0.393 e. The lowest BCUT2D eigenvalue weighted by atomic mass is 9.53. The molecule has 4 aliphatic rings. The minimum atomic E-state index is -0.427. The van der Waals surface area contributed by atoms with Gasteiger partial charge in [0, 0.05) is 17.3 Å². The summed E-state index contributed by atoms with van der Waals surface area (Å²) in [4.78, 5) is 10.4. The molecule has 0 atom stereocenters. The molecule has 0 aromatic heterocycles. The van der Waals surface area contributed by atoms with Crippen molar-refractivity contribution in [2.75, 3.05) is 11.1 Å². The highest BCUT2D eigenvalue weighted by atomic mass is 16.6. The van der Waals surface area contributed by atoms with Crippen molar-refractivity contribution in [3.05, 3.63) is 28.3 Å². The van der Waals surface area contributed by atoms with E-state index in [9.17, 15) is 10.1 Å². The third-order valence-electron chi connectivity index (χ3n) is 5.67. The predicted molar refractivity (Wildman–Crippen MR) is 82.0 cm³/mol. The molecule has 5 heteroatoms. The molecule has 0 aliphatic heterocycles. The van der Waals surface area contributed by atoms with Gasteiger partial charge in [-0.15, -0.1) is 0 Å². The van der Waals surface area contributed by atoms with Crippen molar-refractivity contribution < 1.29 is 4.92 Å². The van der Waals surface area contributed by atoms with Crippen molar-refractivity contribution in [3.63, 3.8) is 0 Å². The molecule has 1 aromatic rings. The summed E-state index contributed by atoms with van der Waals surface area (Å²) in [5.41, 5.74) is 7.18. The maximum Gasteiger partial charge on any atom is 0.292 e. The summed E-state index contributed by atoms with van der Waals surface area (Å²) in [5, 5.41) is 14.5. The standard InChI is InChI=1S/C16H21N3O2/c17-14-6-13(1-2-15(14)19(20)21)18-16-7-10-3-11(8-16)5-12(4-10)9-16/h1-2,6,10-12,18H,3-5,7-9,17H2. The van der Waals surface area contributed by atoms with Crippen molar-refractivity contribution in [2.45, 2.75) is 44.1 Å². The zero-order valence-corrected chi connectivity index (χ0v) is 12.0. The number of nitrogen functional groups attached to an aromatic ring is 1. The number of hydrogen-bond donors (Lipinski definition) is 2. The smallest absolute Gasteiger partial charge is 0.292 e. The first kappa shape index (κ1) is 12.9. The van der Waals surface area contributed by atoms with Gasteiger partial charge in [0.05, 0.1) is 4.92 Å². The number of nitrogens with zero attached hydrogens (tertiary/aromatic N) is 1. The Labute approximate surface area is 124 Å². The molecule has 4 aliphatic carbocycles. The lowest BCUT2D eigenvalue weighted by Crippen LogP contribution is -2.54. The lowest BCUT2D eigenvalue weighted by molar-refractivity contribution is -0.383. The number of anilines is 2. The molecular formula is C16H21N3O2. The van der Waals surface area contributed by atoms with Crippen molar-refractivity contribution in [1.29, 1.82) is 0 Å². The summed E-state index contributed by atoms with van der Waals surface area (Å²) in [7, 11) is 0. The van der Waals surface area contributed by atoms with Crippen molar-refractivity contribution in [2.24, 2.45) is 17.8 Å². The van der Waals surface area contributed by atoms with Crippen LogP contribution < -0.4 is 11.1 Å². The van der Waals surface area contributed by atoms with E-state index in [0.29, 0.717) is 0 Å². The van der Waals surface area contributed by atoms with Gasteiger partial charge in [-0.05, 0) is 68.4 Å². The topological polar surface area (TPSA) is 81.2 Å². The van der Waals surface area contributed by atoms with Gasteiger partial charge < -0.3 is 11.1 Å². The normalized spacial score (nSPS) is 36.7. The second-order valence-electron chi connectivity index (χ2n) is 7.35. The molecule has 4 saturated carbocycles. The SMILES string of the molecule is Nc1cc(NC23CC4CC(CC(C4)C2)C3)ccc1[N+](=O)[O-]. The summed E-state index contributed by atoms with van der Waals surface area (Å²) < 4.78 is 0. The number of hydrogen-bond acceptors (Lipinski definition) is 4. The number of nitrogens with one attached hydrogen (secondary N) is 1. The highest BCUT2D eigenvalue weighted by molar-refractivity contribution is 5.66.